The van der Waals surface area contributed by atoms with Crippen LogP contribution in [0.4, 0.5) is 5.69 Å². The zero-order valence-corrected chi connectivity index (χ0v) is 14.1. The first-order valence-electron chi connectivity index (χ1n) is 8.17. The Labute approximate surface area is 148 Å². The Hall–Kier alpha value is -3.29. The van der Waals surface area contributed by atoms with Gasteiger partial charge in [-0.1, -0.05) is 12.1 Å². The highest BCUT2D eigenvalue weighted by Crippen LogP contribution is 2.33. The Morgan fingerprint density at radius 1 is 1.19 bits per heavy atom. The number of nitro benzene ring substituents is 1. The molecule has 0 aromatic heterocycles. The van der Waals surface area contributed by atoms with Crippen LogP contribution >= 0.6 is 0 Å². The van der Waals surface area contributed by atoms with Crippen molar-refractivity contribution < 1.29 is 24.0 Å². The summed E-state index contributed by atoms with van der Waals surface area (Å²) >= 11 is 0. The van der Waals surface area contributed by atoms with Gasteiger partial charge in [-0.25, -0.2) is 0 Å². The monoisotopic (exact) mass is 356 g/mol. The van der Waals surface area contributed by atoms with E-state index in [1.54, 1.807) is 25.1 Å². The number of nitro groups is 1. The smallest absolute Gasteiger partial charge is 0.305 e. The van der Waals surface area contributed by atoms with E-state index in [-0.39, 0.29) is 37.2 Å². The van der Waals surface area contributed by atoms with Gasteiger partial charge in [-0.05, 0) is 24.8 Å². The van der Waals surface area contributed by atoms with Crippen molar-refractivity contribution in [2.45, 2.75) is 19.8 Å². The van der Waals surface area contributed by atoms with Crippen LogP contribution in [0.3, 0.4) is 0 Å². The predicted octanol–water partition coefficient (Wildman–Crippen LogP) is 2.69. The summed E-state index contributed by atoms with van der Waals surface area (Å²) in [5.74, 6) is -1.46. The maximum absolute atomic E-state index is 12.8. The number of imide groups is 1. The largest absolute Gasteiger partial charge is 0.466 e. The molecule has 0 unspecified atom stereocenters. The summed E-state index contributed by atoms with van der Waals surface area (Å²) in [6.45, 7) is 1.99. The summed E-state index contributed by atoms with van der Waals surface area (Å²) in [7, 11) is 0. The number of hydrogen-bond acceptors (Lipinski definition) is 6. The molecule has 1 aliphatic rings. The third-order valence-electron chi connectivity index (χ3n) is 4.19. The molecule has 1 aliphatic heterocycles. The molecule has 26 heavy (non-hydrogen) atoms. The second-order valence-corrected chi connectivity index (χ2v) is 5.82. The minimum Gasteiger partial charge on any atom is -0.466 e. The molecule has 0 fully saturated rings. The van der Waals surface area contributed by atoms with Gasteiger partial charge in [-0.15, -0.1) is 0 Å². The van der Waals surface area contributed by atoms with Gasteiger partial charge < -0.3 is 4.74 Å². The van der Waals surface area contributed by atoms with E-state index in [4.69, 9.17) is 4.74 Å². The molecule has 8 heteroatoms. The van der Waals surface area contributed by atoms with Crippen LogP contribution in [0.1, 0.15) is 40.5 Å². The summed E-state index contributed by atoms with van der Waals surface area (Å²) in [4.78, 5) is 48.5. The van der Waals surface area contributed by atoms with Crippen molar-refractivity contribution in [2.24, 2.45) is 0 Å². The molecule has 0 N–H and O–H groups in total. The van der Waals surface area contributed by atoms with Crippen molar-refractivity contribution in [1.29, 1.82) is 0 Å². The van der Waals surface area contributed by atoms with Crippen molar-refractivity contribution >= 4 is 34.2 Å². The zero-order valence-electron chi connectivity index (χ0n) is 14.1. The van der Waals surface area contributed by atoms with Crippen molar-refractivity contribution in [3.63, 3.8) is 0 Å². The van der Waals surface area contributed by atoms with Crippen LogP contribution in [0, 0.1) is 10.1 Å². The fourth-order valence-electron chi connectivity index (χ4n) is 3.07. The van der Waals surface area contributed by atoms with Crippen LogP contribution in [0.25, 0.3) is 10.8 Å². The van der Waals surface area contributed by atoms with Crippen LogP contribution in [0.15, 0.2) is 30.3 Å². The number of ether oxygens (including phenoxy) is 1. The predicted molar refractivity (Wildman–Crippen MR) is 91.8 cm³/mol. The number of non-ortho nitro benzene ring substituents is 1. The van der Waals surface area contributed by atoms with E-state index < -0.39 is 22.7 Å². The van der Waals surface area contributed by atoms with Crippen molar-refractivity contribution in [3.05, 3.63) is 51.6 Å². The quantitative estimate of drug-likeness (QED) is 0.341. The molecule has 0 bridgehead atoms. The molecule has 2 amide bonds. The number of carbonyl (C=O) groups is 3. The average Bonchev–Trinajstić information content (AvgIpc) is 2.62. The van der Waals surface area contributed by atoms with Crippen LogP contribution in [-0.2, 0) is 9.53 Å². The van der Waals surface area contributed by atoms with Gasteiger partial charge in [-0.3, -0.25) is 29.4 Å². The summed E-state index contributed by atoms with van der Waals surface area (Å²) in [5.41, 5.74) is 0.238. The van der Waals surface area contributed by atoms with Gasteiger partial charge in [0, 0.05) is 36.0 Å². The van der Waals surface area contributed by atoms with Crippen LogP contribution in [0.5, 0.6) is 0 Å². The lowest BCUT2D eigenvalue weighted by Crippen LogP contribution is -2.41. The third kappa shape index (κ3) is 3.01. The number of rotatable bonds is 6. The second-order valence-electron chi connectivity index (χ2n) is 5.82. The van der Waals surface area contributed by atoms with Crippen LogP contribution < -0.4 is 0 Å². The minimum atomic E-state index is -0.591. The van der Waals surface area contributed by atoms with E-state index in [1.165, 1.54) is 12.1 Å². The first-order chi connectivity index (χ1) is 12.4. The van der Waals surface area contributed by atoms with Gasteiger partial charge >= 0.3 is 5.97 Å². The molecule has 0 atom stereocenters. The Morgan fingerprint density at radius 3 is 2.62 bits per heavy atom. The highest BCUT2D eigenvalue weighted by atomic mass is 16.6. The van der Waals surface area contributed by atoms with E-state index in [1.807, 2.05) is 0 Å². The average molecular weight is 356 g/mol. The summed E-state index contributed by atoms with van der Waals surface area (Å²) in [5, 5.41) is 12.0. The molecule has 8 nitrogen and oxygen atoms in total. The van der Waals surface area contributed by atoms with Crippen molar-refractivity contribution in [2.75, 3.05) is 13.2 Å². The van der Waals surface area contributed by atoms with E-state index >= 15 is 0 Å². The topological polar surface area (TPSA) is 107 Å². The standard InChI is InChI=1S/C18H16N2O6/c1-2-26-15(21)7-4-8-19-17(22)13-6-3-5-11-9-12(20(24)25)10-14(16(11)13)18(19)23/h3,5-6,9-10H,2,4,7-8H2,1H3. The SMILES string of the molecule is CCOC(=O)CCCN1C(=O)c2cccc3cc([N+](=O)[O-])cc(c23)C1=O. The van der Waals surface area contributed by atoms with Gasteiger partial charge in [0.2, 0.25) is 0 Å². The summed E-state index contributed by atoms with van der Waals surface area (Å²) in [6, 6.07) is 7.38. The van der Waals surface area contributed by atoms with E-state index in [0.29, 0.717) is 16.3 Å². The molecular formula is C18H16N2O6. The summed E-state index contributed by atoms with van der Waals surface area (Å²) < 4.78 is 4.83. The Bertz CT molecular complexity index is 937. The third-order valence-corrected chi connectivity index (χ3v) is 4.19. The van der Waals surface area contributed by atoms with E-state index in [9.17, 15) is 24.5 Å². The number of esters is 1. The van der Waals surface area contributed by atoms with Crippen LogP contribution in [-0.4, -0.2) is 40.8 Å². The molecule has 3 rings (SSSR count). The number of hydrogen-bond donors (Lipinski definition) is 0. The lowest BCUT2D eigenvalue weighted by molar-refractivity contribution is -0.384. The molecule has 1 heterocycles. The fraction of sp³-hybridized carbons (Fsp3) is 0.278. The zero-order chi connectivity index (χ0) is 18.8. The highest BCUT2D eigenvalue weighted by molar-refractivity contribution is 6.25. The van der Waals surface area contributed by atoms with E-state index in [0.717, 1.165) is 4.90 Å². The maximum atomic E-state index is 12.8. The van der Waals surface area contributed by atoms with Gasteiger partial charge in [0.15, 0.2) is 0 Å². The Morgan fingerprint density at radius 2 is 1.92 bits per heavy atom. The van der Waals surface area contributed by atoms with Crippen molar-refractivity contribution in [3.8, 4) is 0 Å². The molecular weight excluding hydrogens is 340 g/mol. The van der Waals surface area contributed by atoms with Gasteiger partial charge in [0.05, 0.1) is 17.1 Å². The molecule has 0 aliphatic carbocycles. The number of amides is 2. The van der Waals surface area contributed by atoms with Gasteiger partial charge in [-0.2, -0.15) is 0 Å². The molecule has 0 saturated carbocycles. The lowest BCUT2D eigenvalue weighted by atomic mass is 9.93. The molecule has 134 valence electrons. The molecule has 0 saturated heterocycles. The number of nitrogens with zero attached hydrogens (tertiary/aromatic N) is 2. The first-order valence-corrected chi connectivity index (χ1v) is 8.17. The Kier molecular flexibility index (Phi) is 4.66. The maximum Gasteiger partial charge on any atom is 0.305 e. The molecule has 0 spiro atoms. The molecule has 2 aromatic carbocycles. The minimum absolute atomic E-state index is 0.0367. The summed E-state index contributed by atoms with van der Waals surface area (Å²) in [6.07, 6.45) is 0.341. The van der Waals surface area contributed by atoms with Crippen molar-refractivity contribution in [1.82, 2.24) is 4.90 Å². The second kappa shape index (κ2) is 6.91. The van der Waals surface area contributed by atoms with Gasteiger partial charge in [0.1, 0.15) is 0 Å². The molecule has 0 radical (unpaired) electrons. The fourth-order valence-corrected chi connectivity index (χ4v) is 3.07. The van der Waals surface area contributed by atoms with Gasteiger partial charge in [0.25, 0.3) is 17.5 Å². The first kappa shape index (κ1) is 17.5. The van der Waals surface area contributed by atoms with Crippen LogP contribution in [0.2, 0.25) is 0 Å². The normalized spacial score (nSPS) is 13.2. The van der Waals surface area contributed by atoms with E-state index in [2.05, 4.69) is 0 Å². The lowest BCUT2D eigenvalue weighted by Gasteiger charge is -2.27. The molecule has 2 aromatic rings. The number of carbonyl (C=O) groups excluding carboxylic acids is 3. The highest BCUT2D eigenvalue weighted by Gasteiger charge is 2.34. The Balaban J connectivity index is 1.95. The number of benzene rings is 2.